The smallest absolute Gasteiger partial charge is 0.405 e. The van der Waals surface area contributed by atoms with E-state index in [0.29, 0.717) is 18.4 Å². The third-order valence-corrected chi connectivity index (χ3v) is 3.51. The van der Waals surface area contributed by atoms with E-state index in [1.807, 2.05) is 13.8 Å². The van der Waals surface area contributed by atoms with E-state index in [4.69, 9.17) is 0 Å². The second kappa shape index (κ2) is 6.95. The van der Waals surface area contributed by atoms with Crippen molar-refractivity contribution < 1.29 is 23.0 Å². The Morgan fingerprint density at radius 2 is 1.75 bits per heavy atom. The SMILES string of the molecule is CCC(CC)(CO)NCc1ccccc1OC(F)(F)F. The first-order chi connectivity index (χ1) is 9.36. The van der Waals surface area contributed by atoms with E-state index in [2.05, 4.69) is 10.1 Å². The summed E-state index contributed by atoms with van der Waals surface area (Å²) in [5.74, 6) is -0.216. The first kappa shape index (κ1) is 16.8. The van der Waals surface area contributed by atoms with Crippen molar-refractivity contribution in [3.8, 4) is 5.75 Å². The van der Waals surface area contributed by atoms with Crippen LogP contribution in [0.15, 0.2) is 24.3 Å². The standard InChI is InChI=1S/C14H20F3NO2/c1-3-13(4-2,10-19)18-9-11-7-5-6-8-12(11)20-14(15,16)17/h5-8,18-19H,3-4,9-10H2,1-2H3. The van der Waals surface area contributed by atoms with Crippen LogP contribution >= 0.6 is 0 Å². The van der Waals surface area contributed by atoms with Crippen LogP contribution in [0.25, 0.3) is 0 Å². The molecule has 1 rings (SSSR count). The molecule has 0 saturated heterocycles. The lowest BCUT2D eigenvalue weighted by Crippen LogP contribution is -2.47. The molecule has 2 N–H and O–H groups in total. The Labute approximate surface area is 116 Å². The van der Waals surface area contributed by atoms with Crippen LogP contribution in [0.4, 0.5) is 13.2 Å². The number of nitrogens with one attached hydrogen (secondary N) is 1. The number of aliphatic hydroxyl groups is 1. The zero-order valence-electron chi connectivity index (χ0n) is 11.6. The van der Waals surface area contributed by atoms with Crippen molar-refractivity contribution in [3.63, 3.8) is 0 Å². The summed E-state index contributed by atoms with van der Waals surface area (Å²) in [5.41, 5.74) is -0.0738. The van der Waals surface area contributed by atoms with Gasteiger partial charge in [-0.05, 0) is 18.9 Å². The number of rotatable bonds is 7. The monoisotopic (exact) mass is 291 g/mol. The molecule has 0 aliphatic rings. The minimum absolute atomic E-state index is 0.0672. The fourth-order valence-electron chi connectivity index (χ4n) is 1.94. The molecule has 0 saturated carbocycles. The highest BCUT2D eigenvalue weighted by atomic mass is 19.4. The first-order valence-corrected chi connectivity index (χ1v) is 6.55. The van der Waals surface area contributed by atoms with E-state index < -0.39 is 11.9 Å². The molecule has 0 radical (unpaired) electrons. The zero-order chi connectivity index (χ0) is 15.2. The van der Waals surface area contributed by atoms with Crippen LogP contribution < -0.4 is 10.1 Å². The topological polar surface area (TPSA) is 41.5 Å². The van der Waals surface area contributed by atoms with E-state index in [-0.39, 0.29) is 18.9 Å². The molecule has 114 valence electrons. The minimum atomic E-state index is -4.71. The Hall–Kier alpha value is -1.27. The Bertz CT molecular complexity index is 409. The first-order valence-electron chi connectivity index (χ1n) is 6.55. The predicted octanol–water partition coefficient (Wildman–Crippen LogP) is 3.23. The van der Waals surface area contributed by atoms with Crippen molar-refractivity contribution in [2.75, 3.05) is 6.61 Å². The van der Waals surface area contributed by atoms with E-state index in [9.17, 15) is 18.3 Å². The Morgan fingerprint density at radius 1 is 1.15 bits per heavy atom. The molecule has 0 spiro atoms. The normalized spacial score (nSPS) is 12.5. The molecule has 0 bridgehead atoms. The Balaban J connectivity index is 2.82. The zero-order valence-corrected chi connectivity index (χ0v) is 11.6. The van der Waals surface area contributed by atoms with Crippen LogP contribution in [-0.2, 0) is 6.54 Å². The summed E-state index contributed by atoms with van der Waals surface area (Å²) in [6, 6.07) is 5.99. The average molecular weight is 291 g/mol. The van der Waals surface area contributed by atoms with Crippen molar-refractivity contribution in [1.82, 2.24) is 5.32 Å². The molecule has 20 heavy (non-hydrogen) atoms. The fourth-order valence-corrected chi connectivity index (χ4v) is 1.94. The van der Waals surface area contributed by atoms with E-state index in [1.165, 1.54) is 12.1 Å². The third kappa shape index (κ3) is 4.68. The van der Waals surface area contributed by atoms with Gasteiger partial charge in [-0.25, -0.2) is 0 Å². The van der Waals surface area contributed by atoms with Gasteiger partial charge in [-0.3, -0.25) is 0 Å². The predicted molar refractivity (Wildman–Crippen MR) is 70.4 cm³/mol. The van der Waals surface area contributed by atoms with E-state index >= 15 is 0 Å². The van der Waals surface area contributed by atoms with Crippen LogP contribution in [0.2, 0.25) is 0 Å². The molecule has 1 aromatic rings. The summed E-state index contributed by atoms with van der Waals surface area (Å²) in [6.07, 6.45) is -3.34. The van der Waals surface area contributed by atoms with Gasteiger partial charge in [-0.2, -0.15) is 0 Å². The molecule has 0 atom stereocenters. The number of hydrogen-bond donors (Lipinski definition) is 2. The van der Waals surface area contributed by atoms with Crippen LogP contribution in [-0.4, -0.2) is 23.6 Å². The average Bonchev–Trinajstić information content (AvgIpc) is 2.41. The second-order valence-electron chi connectivity index (χ2n) is 4.65. The van der Waals surface area contributed by atoms with Crippen LogP contribution in [0, 0.1) is 0 Å². The molecular formula is C14H20F3NO2. The quantitative estimate of drug-likeness (QED) is 0.810. The number of halogens is 3. The number of ether oxygens (including phenoxy) is 1. The van der Waals surface area contributed by atoms with Crippen LogP contribution in [0.3, 0.4) is 0 Å². The molecule has 1 aromatic carbocycles. The summed E-state index contributed by atoms with van der Waals surface area (Å²) in [4.78, 5) is 0. The molecule has 0 aliphatic carbocycles. The molecule has 0 unspecified atom stereocenters. The lowest BCUT2D eigenvalue weighted by Gasteiger charge is -2.31. The maximum atomic E-state index is 12.3. The van der Waals surface area contributed by atoms with Crippen molar-refractivity contribution in [2.24, 2.45) is 0 Å². The maximum Gasteiger partial charge on any atom is 0.573 e. The molecular weight excluding hydrogens is 271 g/mol. The van der Waals surface area contributed by atoms with E-state index in [0.717, 1.165) is 0 Å². The molecule has 0 heterocycles. The van der Waals surface area contributed by atoms with Gasteiger partial charge in [-0.15, -0.1) is 13.2 Å². The fraction of sp³-hybridized carbons (Fsp3) is 0.571. The van der Waals surface area contributed by atoms with Gasteiger partial charge in [-0.1, -0.05) is 32.0 Å². The lowest BCUT2D eigenvalue weighted by molar-refractivity contribution is -0.274. The summed E-state index contributed by atoms with van der Waals surface area (Å²) >= 11 is 0. The van der Waals surface area contributed by atoms with Crippen LogP contribution in [0.1, 0.15) is 32.3 Å². The molecule has 3 nitrogen and oxygen atoms in total. The summed E-state index contributed by atoms with van der Waals surface area (Å²) < 4.78 is 40.9. The molecule has 0 fully saturated rings. The van der Waals surface area contributed by atoms with Gasteiger partial charge in [0.15, 0.2) is 0 Å². The second-order valence-corrected chi connectivity index (χ2v) is 4.65. The minimum Gasteiger partial charge on any atom is -0.405 e. The Morgan fingerprint density at radius 3 is 2.25 bits per heavy atom. The maximum absolute atomic E-state index is 12.3. The number of para-hydroxylation sites is 1. The van der Waals surface area contributed by atoms with Crippen molar-refractivity contribution in [1.29, 1.82) is 0 Å². The summed E-state index contributed by atoms with van der Waals surface area (Å²) in [7, 11) is 0. The van der Waals surface area contributed by atoms with Crippen LogP contribution in [0.5, 0.6) is 5.75 Å². The van der Waals surface area contributed by atoms with Crippen molar-refractivity contribution >= 4 is 0 Å². The number of benzene rings is 1. The highest BCUT2D eigenvalue weighted by Crippen LogP contribution is 2.27. The lowest BCUT2D eigenvalue weighted by atomic mass is 9.93. The molecule has 0 aliphatic heterocycles. The third-order valence-electron chi connectivity index (χ3n) is 3.51. The molecule has 6 heteroatoms. The van der Waals surface area contributed by atoms with E-state index in [1.54, 1.807) is 12.1 Å². The molecule has 0 amide bonds. The van der Waals surface area contributed by atoms with Crippen molar-refractivity contribution in [3.05, 3.63) is 29.8 Å². The largest absolute Gasteiger partial charge is 0.573 e. The number of alkyl halides is 3. The van der Waals surface area contributed by atoms with Gasteiger partial charge in [0.25, 0.3) is 0 Å². The van der Waals surface area contributed by atoms with Crippen molar-refractivity contribution in [2.45, 2.75) is 45.1 Å². The highest BCUT2D eigenvalue weighted by Gasteiger charge is 2.32. The summed E-state index contributed by atoms with van der Waals surface area (Å²) in [6.45, 7) is 3.98. The number of aliphatic hydroxyl groups excluding tert-OH is 1. The van der Waals surface area contributed by atoms with Gasteiger partial charge in [0.2, 0.25) is 0 Å². The van der Waals surface area contributed by atoms with Gasteiger partial charge in [0.1, 0.15) is 5.75 Å². The van der Waals surface area contributed by atoms with Gasteiger partial charge in [0.05, 0.1) is 6.61 Å². The van der Waals surface area contributed by atoms with Gasteiger partial charge < -0.3 is 15.2 Å². The molecule has 0 aromatic heterocycles. The van der Waals surface area contributed by atoms with Gasteiger partial charge in [0, 0.05) is 17.6 Å². The Kier molecular flexibility index (Phi) is 5.83. The number of hydrogen-bond acceptors (Lipinski definition) is 3. The summed E-state index contributed by atoms with van der Waals surface area (Å²) in [5, 5.41) is 12.6. The highest BCUT2D eigenvalue weighted by molar-refractivity contribution is 5.33. The van der Waals surface area contributed by atoms with Gasteiger partial charge >= 0.3 is 6.36 Å².